The number of hydrogen-bond donors (Lipinski definition) is 2. The van der Waals surface area contributed by atoms with E-state index >= 15 is 0 Å². The van der Waals surface area contributed by atoms with Gasteiger partial charge in [0.05, 0.1) is 18.2 Å². The van der Waals surface area contributed by atoms with Crippen LogP contribution in [0.3, 0.4) is 0 Å². The molecule has 1 fully saturated rings. The largest absolute Gasteiger partial charge is 0.388 e. The first-order chi connectivity index (χ1) is 8.18. The number of nitrogens with one attached hydrogen (secondary N) is 1. The van der Waals surface area contributed by atoms with Crippen LogP contribution in [0.4, 0.5) is 5.69 Å². The molecule has 0 aromatic heterocycles. The van der Waals surface area contributed by atoms with Gasteiger partial charge in [-0.15, -0.1) is 0 Å². The van der Waals surface area contributed by atoms with Gasteiger partial charge < -0.3 is 15.2 Å². The lowest BCUT2D eigenvalue weighted by molar-refractivity contribution is -0.0196. The van der Waals surface area contributed by atoms with Crippen LogP contribution in [-0.4, -0.2) is 30.0 Å². The minimum absolute atomic E-state index is 0.103. The standard InChI is InChI=1S/C14H19NO2/c1-14(16,11-6-7-17-9-11)13-8-10-4-2-3-5-12(10)15-13/h2-5,11,13,15-16H,6-9H2,1H3. The molecule has 3 heteroatoms. The van der Waals surface area contributed by atoms with Crippen molar-refractivity contribution >= 4 is 5.69 Å². The Kier molecular flexibility index (Phi) is 2.60. The average Bonchev–Trinajstić information content (AvgIpc) is 2.98. The van der Waals surface area contributed by atoms with E-state index in [0.29, 0.717) is 6.61 Å². The fourth-order valence-electron chi connectivity index (χ4n) is 2.93. The van der Waals surface area contributed by atoms with Crippen LogP contribution < -0.4 is 5.32 Å². The summed E-state index contributed by atoms with van der Waals surface area (Å²) in [6.45, 7) is 3.40. The summed E-state index contributed by atoms with van der Waals surface area (Å²) in [6.07, 6.45) is 1.86. The molecule has 0 amide bonds. The van der Waals surface area contributed by atoms with Crippen molar-refractivity contribution in [1.82, 2.24) is 0 Å². The van der Waals surface area contributed by atoms with E-state index in [1.807, 2.05) is 13.0 Å². The molecule has 3 atom stereocenters. The van der Waals surface area contributed by atoms with Gasteiger partial charge in [0.25, 0.3) is 0 Å². The highest BCUT2D eigenvalue weighted by Gasteiger charge is 2.43. The predicted molar refractivity (Wildman–Crippen MR) is 67.1 cm³/mol. The molecule has 3 rings (SSSR count). The van der Waals surface area contributed by atoms with E-state index < -0.39 is 5.60 Å². The number of fused-ring (bicyclic) bond motifs is 1. The van der Waals surface area contributed by atoms with Gasteiger partial charge in [0.15, 0.2) is 0 Å². The molecule has 0 aliphatic carbocycles. The molecule has 2 heterocycles. The summed E-state index contributed by atoms with van der Waals surface area (Å²) < 4.78 is 5.39. The Morgan fingerprint density at radius 2 is 2.24 bits per heavy atom. The van der Waals surface area contributed by atoms with E-state index in [0.717, 1.165) is 25.1 Å². The summed E-state index contributed by atoms with van der Waals surface area (Å²) in [5.41, 5.74) is 1.77. The highest BCUT2D eigenvalue weighted by molar-refractivity contribution is 5.57. The van der Waals surface area contributed by atoms with Gasteiger partial charge in [0.2, 0.25) is 0 Å². The number of hydrogen-bond acceptors (Lipinski definition) is 3. The zero-order chi connectivity index (χ0) is 11.9. The normalized spacial score (nSPS) is 30.7. The molecule has 2 aliphatic heterocycles. The van der Waals surface area contributed by atoms with Crippen molar-refractivity contribution in [3.05, 3.63) is 29.8 Å². The summed E-state index contributed by atoms with van der Waals surface area (Å²) in [6, 6.07) is 8.39. The van der Waals surface area contributed by atoms with Crippen LogP contribution in [0, 0.1) is 5.92 Å². The Morgan fingerprint density at radius 1 is 1.41 bits per heavy atom. The zero-order valence-corrected chi connectivity index (χ0v) is 10.1. The molecule has 0 spiro atoms. The maximum atomic E-state index is 10.7. The summed E-state index contributed by atoms with van der Waals surface area (Å²) in [5.74, 6) is 0.245. The lowest BCUT2D eigenvalue weighted by Gasteiger charge is -2.35. The van der Waals surface area contributed by atoms with Gasteiger partial charge in [0.1, 0.15) is 0 Å². The Morgan fingerprint density at radius 3 is 2.94 bits per heavy atom. The van der Waals surface area contributed by atoms with Crippen LogP contribution in [0.1, 0.15) is 18.9 Å². The van der Waals surface area contributed by atoms with E-state index in [9.17, 15) is 5.11 Å². The van der Waals surface area contributed by atoms with Crippen molar-refractivity contribution in [2.45, 2.75) is 31.4 Å². The number of anilines is 1. The smallest absolute Gasteiger partial charge is 0.0873 e. The predicted octanol–water partition coefficient (Wildman–Crippen LogP) is 1.81. The highest BCUT2D eigenvalue weighted by Crippen LogP contribution is 2.36. The van der Waals surface area contributed by atoms with Gasteiger partial charge >= 0.3 is 0 Å². The molecular formula is C14H19NO2. The van der Waals surface area contributed by atoms with E-state index in [1.54, 1.807) is 0 Å². The van der Waals surface area contributed by atoms with Gasteiger partial charge in [0, 0.05) is 18.2 Å². The molecule has 3 nitrogen and oxygen atoms in total. The van der Waals surface area contributed by atoms with Gasteiger partial charge in [-0.25, -0.2) is 0 Å². The second-order valence-electron chi connectivity index (χ2n) is 5.34. The van der Waals surface area contributed by atoms with Crippen LogP contribution in [-0.2, 0) is 11.2 Å². The van der Waals surface area contributed by atoms with Crippen LogP contribution in [0.2, 0.25) is 0 Å². The molecular weight excluding hydrogens is 214 g/mol. The summed E-state index contributed by atoms with van der Waals surface area (Å²) in [7, 11) is 0. The Bertz CT molecular complexity index is 385. The maximum absolute atomic E-state index is 10.7. The Hall–Kier alpha value is -1.06. The second-order valence-corrected chi connectivity index (χ2v) is 5.34. The van der Waals surface area contributed by atoms with Crippen molar-refractivity contribution in [3.63, 3.8) is 0 Å². The quantitative estimate of drug-likeness (QED) is 0.818. The number of benzene rings is 1. The van der Waals surface area contributed by atoms with E-state index in [-0.39, 0.29) is 12.0 Å². The molecule has 92 valence electrons. The fourth-order valence-corrected chi connectivity index (χ4v) is 2.93. The first kappa shape index (κ1) is 11.1. The monoisotopic (exact) mass is 233 g/mol. The molecule has 0 radical (unpaired) electrons. The van der Waals surface area contributed by atoms with Crippen LogP contribution in [0.25, 0.3) is 0 Å². The second kappa shape index (κ2) is 4.00. The average molecular weight is 233 g/mol. The van der Waals surface area contributed by atoms with Gasteiger partial charge in [-0.1, -0.05) is 18.2 Å². The van der Waals surface area contributed by atoms with Crippen LogP contribution >= 0.6 is 0 Å². The van der Waals surface area contributed by atoms with Crippen LogP contribution in [0.5, 0.6) is 0 Å². The molecule has 17 heavy (non-hydrogen) atoms. The Labute approximate surface area is 102 Å². The lowest BCUT2D eigenvalue weighted by atomic mass is 9.81. The number of ether oxygens (including phenoxy) is 1. The SMILES string of the molecule is CC(O)(C1CCOC1)C1Cc2ccccc2N1. The molecule has 0 saturated carbocycles. The van der Waals surface area contributed by atoms with Crippen LogP contribution in [0.15, 0.2) is 24.3 Å². The third-order valence-corrected chi connectivity index (χ3v) is 4.23. The molecule has 2 N–H and O–H groups in total. The Balaban J connectivity index is 1.79. The topological polar surface area (TPSA) is 41.5 Å². The third kappa shape index (κ3) is 1.83. The van der Waals surface area contributed by atoms with Gasteiger partial charge in [-0.2, -0.15) is 0 Å². The zero-order valence-electron chi connectivity index (χ0n) is 10.1. The van der Waals surface area contributed by atoms with Crippen molar-refractivity contribution in [1.29, 1.82) is 0 Å². The van der Waals surface area contributed by atoms with E-state index in [1.165, 1.54) is 5.56 Å². The number of rotatable bonds is 2. The number of aliphatic hydroxyl groups is 1. The van der Waals surface area contributed by atoms with Gasteiger partial charge in [-0.3, -0.25) is 0 Å². The lowest BCUT2D eigenvalue weighted by Crippen LogP contribution is -2.49. The van der Waals surface area contributed by atoms with Crippen molar-refractivity contribution in [3.8, 4) is 0 Å². The summed E-state index contributed by atoms with van der Waals surface area (Å²) >= 11 is 0. The van der Waals surface area contributed by atoms with Crippen molar-refractivity contribution in [2.24, 2.45) is 5.92 Å². The molecule has 1 aromatic rings. The molecule has 2 aliphatic rings. The first-order valence-corrected chi connectivity index (χ1v) is 6.32. The summed E-state index contributed by atoms with van der Waals surface area (Å²) in [4.78, 5) is 0. The summed E-state index contributed by atoms with van der Waals surface area (Å²) in [5, 5.41) is 14.2. The number of para-hydroxylation sites is 1. The maximum Gasteiger partial charge on any atom is 0.0873 e. The highest BCUT2D eigenvalue weighted by atomic mass is 16.5. The molecule has 1 aromatic carbocycles. The molecule has 1 saturated heterocycles. The van der Waals surface area contributed by atoms with Crippen molar-refractivity contribution in [2.75, 3.05) is 18.5 Å². The van der Waals surface area contributed by atoms with E-state index in [2.05, 4.69) is 23.5 Å². The molecule has 0 bridgehead atoms. The molecule has 3 unspecified atom stereocenters. The first-order valence-electron chi connectivity index (χ1n) is 6.32. The fraction of sp³-hybridized carbons (Fsp3) is 0.571. The minimum atomic E-state index is -0.699. The minimum Gasteiger partial charge on any atom is -0.388 e. The van der Waals surface area contributed by atoms with Gasteiger partial charge in [-0.05, 0) is 31.4 Å². The van der Waals surface area contributed by atoms with Crippen molar-refractivity contribution < 1.29 is 9.84 Å². The third-order valence-electron chi connectivity index (χ3n) is 4.23. The van der Waals surface area contributed by atoms with E-state index in [4.69, 9.17) is 4.74 Å².